The van der Waals surface area contributed by atoms with Crippen LogP contribution in [0.25, 0.3) is 0 Å². The highest BCUT2D eigenvalue weighted by Crippen LogP contribution is 2.48. The van der Waals surface area contributed by atoms with Gasteiger partial charge in [0.1, 0.15) is 0 Å². The number of aryl methyl sites for hydroxylation is 1. The van der Waals surface area contributed by atoms with Crippen molar-refractivity contribution in [1.82, 2.24) is 0 Å². The maximum atomic E-state index is 12.8. The number of carboxylic acid groups (broad SMARTS) is 1. The minimum atomic E-state index is -0.917. The highest BCUT2D eigenvalue weighted by atomic mass is 32.1. The Hall–Kier alpha value is -2.93. The monoisotopic (exact) mass is 396 g/mol. The second-order valence-corrected chi connectivity index (χ2v) is 8.24. The van der Waals surface area contributed by atoms with Crippen LogP contribution in [0.4, 0.5) is 11.4 Å². The summed E-state index contributed by atoms with van der Waals surface area (Å²) in [7, 11) is 0. The molecule has 0 saturated heterocycles. The van der Waals surface area contributed by atoms with Crippen LogP contribution in [0.1, 0.15) is 21.7 Å². The van der Waals surface area contributed by atoms with Gasteiger partial charge in [0.2, 0.25) is 5.91 Å². The lowest BCUT2D eigenvalue weighted by Gasteiger charge is -2.24. The first-order valence-electron chi connectivity index (χ1n) is 9.11. The summed E-state index contributed by atoms with van der Waals surface area (Å²) in [6.07, 6.45) is 4.60. The number of benzene rings is 1. The SMILES string of the molecule is Cc1cc(NC(=O)[C@H]2[C@@H](C(=O)O)[C@H]3C=C[C@H]2C3)ccc1NC(=O)c1cccs1. The number of amides is 2. The van der Waals surface area contributed by atoms with Crippen molar-refractivity contribution in [2.75, 3.05) is 10.6 Å². The number of hydrogen-bond acceptors (Lipinski definition) is 4. The molecule has 0 radical (unpaired) electrons. The predicted octanol–water partition coefficient (Wildman–Crippen LogP) is 3.77. The average Bonchev–Trinajstić information content (AvgIpc) is 3.40. The first-order valence-corrected chi connectivity index (χ1v) is 9.99. The van der Waals surface area contributed by atoms with E-state index in [0.717, 1.165) is 12.0 Å². The van der Waals surface area contributed by atoms with Gasteiger partial charge in [0.05, 0.1) is 16.7 Å². The first-order chi connectivity index (χ1) is 13.4. The maximum absolute atomic E-state index is 12.8. The Morgan fingerprint density at radius 1 is 1.07 bits per heavy atom. The smallest absolute Gasteiger partial charge is 0.307 e. The number of nitrogens with one attached hydrogen (secondary N) is 2. The molecule has 2 amide bonds. The van der Waals surface area contributed by atoms with Crippen LogP contribution in [0.3, 0.4) is 0 Å². The van der Waals surface area contributed by atoms with Gasteiger partial charge in [-0.25, -0.2) is 0 Å². The van der Waals surface area contributed by atoms with Gasteiger partial charge in [0, 0.05) is 11.4 Å². The summed E-state index contributed by atoms with van der Waals surface area (Å²) in [5.74, 6) is -2.65. The third-order valence-electron chi connectivity index (χ3n) is 5.53. The van der Waals surface area contributed by atoms with E-state index < -0.39 is 17.8 Å². The van der Waals surface area contributed by atoms with E-state index in [-0.39, 0.29) is 23.7 Å². The normalized spacial score (nSPS) is 24.9. The van der Waals surface area contributed by atoms with Crippen molar-refractivity contribution in [3.05, 3.63) is 58.3 Å². The summed E-state index contributed by atoms with van der Waals surface area (Å²) < 4.78 is 0. The lowest BCUT2D eigenvalue weighted by atomic mass is 9.82. The standard InChI is InChI=1S/C21H20N2O4S/c1-11-9-14(6-7-15(11)23-19(24)16-3-2-8-28-16)22-20(25)17-12-4-5-13(10-12)18(17)21(26)27/h2-9,12-13,17-18H,10H2,1H3,(H,22,25)(H,23,24)(H,26,27)/t12-,13-,17+,18-/m0/s1. The Morgan fingerprint density at radius 2 is 1.82 bits per heavy atom. The summed E-state index contributed by atoms with van der Waals surface area (Å²) in [5, 5.41) is 17.1. The van der Waals surface area contributed by atoms with Gasteiger partial charge in [-0.2, -0.15) is 0 Å². The molecule has 0 spiro atoms. The van der Waals surface area contributed by atoms with E-state index >= 15 is 0 Å². The number of thiophene rings is 1. The third-order valence-corrected chi connectivity index (χ3v) is 6.40. The fourth-order valence-electron chi connectivity index (χ4n) is 4.22. The van der Waals surface area contributed by atoms with E-state index in [4.69, 9.17) is 0 Å². The summed E-state index contributed by atoms with van der Waals surface area (Å²) in [6.45, 7) is 1.85. The molecule has 1 heterocycles. The Labute approximate surface area is 166 Å². The number of carbonyl (C=O) groups excluding carboxylic acids is 2. The number of rotatable bonds is 5. The van der Waals surface area contributed by atoms with Gasteiger partial charge in [-0.3, -0.25) is 14.4 Å². The van der Waals surface area contributed by atoms with Crippen LogP contribution in [0.15, 0.2) is 47.9 Å². The van der Waals surface area contributed by atoms with Crippen molar-refractivity contribution >= 4 is 40.5 Å². The van der Waals surface area contributed by atoms with Crippen LogP contribution < -0.4 is 10.6 Å². The second kappa shape index (κ2) is 7.24. The van der Waals surface area contributed by atoms with Gasteiger partial charge >= 0.3 is 5.97 Å². The fourth-order valence-corrected chi connectivity index (χ4v) is 4.83. The Kier molecular flexibility index (Phi) is 4.77. The molecule has 1 aromatic carbocycles. The third kappa shape index (κ3) is 3.33. The molecule has 4 rings (SSSR count). The zero-order chi connectivity index (χ0) is 19.8. The Balaban J connectivity index is 1.46. The van der Waals surface area contributed by atoms with Crippen LogP contribution in [0.2, 0.25) is 0 Å². The van der Waals surface area contributed by atoms with Crippen molar-refractivity contribution in [3.8, 4) is 0 Å². The molecular formula is C21H20N2O4S. The Bertz CT molecular complexity index is 967. The van der Waals surface area contributed by atoms with Gasteiger partial charge in [-0.05, 0) is 60.4 Å². The molecule has 2 aliphatic rings. The minimum Gasteiger partial charge on any atom is -0.481 e. The van der Waals surface area contributed by atoms with Gasteiger partial charge in [-0.1, -0.05) is 18.2 Å². The summed E-state index contributed by atoms with van der Waals surface area (Å²) in [4.78, 5) is 37.2. The van der Waals surface area contributed by atoms with E-state index in [2.05, 4.69) is 10.6 Å². The molecule has 0 unspecified atom stereocenters. The van der Waals surface area contributed by atoms with Gasteiger partial charge in [0.15, 0.2) is 0 Å². The second-order valence-electron chi connectivity index (χ2n) is 7.29. The number of allylic oxidation sites excluding steroid dienone is 2. The molecule has 6 nitrogen and oxygen atoms in total. The molecule has 28 heavy (non-hydrogen) atoms. The van der Waals surface area contributed by atoms with Crippen molar-refractivity contribution in [1.29, 1.82) is 0 Å². The van der Waals surface area contributed by atoms with Crippen LogP contribution in [0.5, 0.6) is 0 Å². The molecule has 4 atom stereocenters. The summed E-state index contributed by atoms with van der Waals surface area (Å²) in [5.41, 5.74) is 2.07. The molecule has 1 fully saturated rings. The molecule has 2 bridgehead atoms. The van der Waals surface area contributed by atoms with Gasteiger partial charge in [0.25, 0.3) is 5.91 Å². The van der Waals surface area contributed by atoms with E-state index in [1.54, 1.807) is 24.3 Å². The van der Waals surface area contributed by atoms with E-state index in [9.17, 15) is 19.5 Å². The maximum Gasteiger partial charge on any atom is 0.307 e. The number of fused-ring (bicyclic) bond motifs is 2. The van der Waals surface area contributed by atoms with E-state index in [1.807, 2.05) is 30.5 Å². The van der Waals surface area contributed by atoms with Crippen molar-refractivity contribution < 1.29 is 19.5 Å². The van der Waals surface area contributed by atoms with Crippen LogP contribution >= 0.6 is 11.3 Å². The Morgan fingerprint density at radius 3 is 2.46 bits per heavy atom. The quantitative estimate of drug-likeness (QED) is 0.671. The topological polar surface area (TPSA) is 95.5 Å². The molecule has 1 aromatic heterocycles. The van der Waals surface area contributed by atoms with Gasteiger partial charge in [-0.15, -0.1) is 11.3 Å². The van der Waals surface area contributed by atoms with Crippen molar-refractivity contribution in [3.63, 3.8) is 0 Å². The minimum absolute atomic E-state index is 0.0171. The lowest BCUT2D eigenvalue weighted by Crippen LogP contribution is -2.36. The summed E-state index contributed by atoms with van der Waals surface area (Å²) >= 11 is 1.37. The zero-order valence-corrected chi connectivity index (χ0v) is 16.0. The van der Waals surface area contributed by atoms with Crippen molar-refractivity contribution in [2.45, 2.75) is 13.3 Å². The van der Waals surface area contributed by atoms with Crippen LogP contribution in [-0.2, 0) is 9.59 Å². The predicted molar refractivity (Wildman–Crippen MR) is 107 cm³/mol. The molecule has 0 aliphatic heterocycles. The largest absolute Gasteiger partial charge is 0.481 e. The fraction of sp³-hybridized carbons (Fsp3) is 0.286. The average molecular weight is 396 g/mol. The zero-order valence-electron chi connectivity index (χ0n) is 15.2. The van der Waals surface area contributed by atoms with Crippen molar-refractivity contribution in [2.24, 2.45) is 23.7 Å². The number of anilines is 2. The number of aliphatic carboxylic acids is 1. The molecule has 1 saturated carbocycles. The highest BCUT2D eigenvalue weighted by molar-refractivity contribution is 7.12. The number of carboxylic acids is 1. The highest BCUT2D eigenvalue weighted by Gasteiger charge is 2.51. The van der Waals surface area contributed by atoms with Crippen LogP contribution in [-0.4, -0.2) is 22.9 Å². The molecule has 7 heteroatoms. The molecular weight excluding hydrogens is 376 g/mol. The molecule has 144 valence electrons. The van der Waals surface area contributed by atoms with Gasteiger partial charge < -0.3 is 15.7 Å². The molecule has 2 aliphatic carbocycles. The van der Waals surface area contributed by atoms with E-state index in [1.165, 1.54) is 11.3 Å². The number of hydrogen-bond donors (Lipinski definition) is 3. The first kappa shape index (κ1) is 18.4. The molecule has 3 N–H and O–H groups in total. The lowest BCUT2D eigenvalue weighted by molar-refractivity contribution is -0.146. The molecule has 2 aromatic rings. The van der Waals surface area contributed by atoms with E-state index in [0.29, 0.717) is 16.3 Å². The number of carbonyl (C=O) groups is 3. The summed E-state index contributed by atoms with van der Waals surface area (Å²) in [6, 6.07) is 8.81. The van der Waals surface area contributed by atoms with Crippen LogP contribution in [0, 0.1) is 30.6 Å².